The molecule has 0 saturated carbocycles. The third kappa shape index (κ3) is 2.78. The first-order valence-electron chi connectivity index (χ1n) is 8.26. The molecule has 8 heteroatoms. The van der Waals surface area contributed by atoms with Gasteiger partial charge in [-0.15, -0.1) is 0 Å². The Balaban J connectivity index is 1.58. The van der Waals surface area contributed by atoms with Crippen molar-refractivity contribution < 1.29 is 9.53 Å². The number of nitrogens with zero attached hydrogens (tertiary/aromatic N) is 5. The molecule has 2 atom stereocenters. The number of hydrogen-bond donors (Lipinski definition) is 1. The van der Waals surface area contributed by atoms with Crippen molar-refractivity contribution in [2.45, 2.75) is 32.4 Å². The minimum atomic E-state index is -0.179. The summed E-state index contributed by atoms with van der Waals surface area (Å²) in [6.45, 7) is 4.39. The van der Waals surface area contributed by atoms with Crippen LogP contribution in [0.15, 0.2) is 24.7 Å². The highest BCUT2D eigenvalue weighted by atomic mass is 16.5. The standard InChI is InChI=1S/C17H20N6O2/c1-10-6-15-18-8-13(11(2)23(15)21-10)17(24)20-14-4-5-25-16(14)12-7-19-22(3)9-12/h6-9,14,16H,4-5H2,1-3H3,(H,20,24)/t14-,16+/m0/s1. The van der Waals surface area contributed by atoms with Crippen LogP contribution in [0.2, 0.25) is 0 Å². The van der Waals surface area contributed by atoms with Gasteiger partial charge in [-0.05, 0) is 20.3 Å². The SMILES string of the molecule is Cc1cc2ncc(C(=O)N[C@H]3CCO[C@@H]3c3cnn(C)c3)c(C)n2n1. The molecule has 1 amide bonds. The average Bonchev–Trinajstić information content (AvgIpc) is 3.27. The van der Waals surface area contributed by atoms with E-state index in [0.717, 1.165) is 29.0 Å². The fraction of sp³-hybridized carbons (Fsp3) is 0.412. The lowest BCUT2D eigenvalue weighted by atomic mass is 10.0. The Kier molecular flexibility index (Phi) is 3.76. The Morgan fingerprint density at radius 2 is 2.20 bits per heavy atom. The van der Waals surface area contributed by atoms with Gasteiger partial charge in [-0.3, -0.25) is 9.48 Å². The van der Waals surface area contributed by atoms with Crippen molar-refractivity contribution in [1.82, 2.24) is 29.7 Å². The van der Waals surface area contributed by atoms with E-state index in [1.807, 2.05) is 33.2 Å². The van der Waals surface area contributed by atoms with Crippen LogP contribution in [0, 0.1) is 13.8 Å². The molecular weight excluding hydrogens is 320 g/mol. The van der Waals surface area contributed by atoms with E-state index in [1.54, 1.807) is 21.6 Å². The average molecular weight is 340 g/mol. The molecule has 4 heterocycles. The van der Waals surface area contributed by atoms with Crippen molar-refractivity contribution in [1.29, 1.82) is 0 Å². The number of ether oxygens (including phenoxy) is 1. The number of aryl methyl sites for hydroxylation is 3. The Labute approximate surface area is 144 Å². The highest BCUT2D eigenvalue weighted by Crippen LogP contribution is 2.29. The zero-order valence-electron chi connectivity index (χ0n) is 14.4. The molecule has 3 aromatic heterocycles. The van der Waals surface area contributed by atoms with Crippen LogP contribution in [0.4, 0.5) is 0 Å². The van der Waals surface area contributed by atoms with Crippen molar-refractivity contribution in [3.63, 3.8) is 0 Å². The van der Waals surface area contributed by atoms with Gasteiger partial charge in [0.25, 0.3) is 5.91 Å². The largest absolute Gasteiger partial charge is 0.371 e. The van der Waals surface area contributed by atoms with Gasteiger partial charge in [-0.2, -0.15) is 10.2 Å². The van der Waals surface area contributed by atoms with Crippen LogP contribution < -0.4 is 5.32 Å². The monoisotopic (exact) mass is 340 g/mol. The Bertz CT molecular complexity index is 944. The summed E-state index contributed by atoms with van der Waals surface area (Å²) in [7, 11) is 1.86. The third-order valence-electron chi connectivity index (χ3n) is 4.55. The fourth-order valence-corrected chi connectivity index (χ4v) is 3.28. The molecular formula is C17H20N6O2. The smallest absolute Gasteiger partial charge is 0.255 e. The maximum atomic E-state index is 12.8. The zero-order valence-corrected chi connectivity index (χ0v) is 14.4. The molecule has 0 bridgehead atoms. The van der Waals surface area contributed by atoms with Crippen molar-refractivity contribution in [2.75, 3.05) is 6.61 Å². The second-order valence-corrected chi connectivity index (χ2v) is 6.42. The third-order valence-corrected chi connectivity index (χ3v) is 4.55. The maximum Gasteiger partial charge on any atom is 0.255 e. The molecule has 1 saturated heterocycles. The summed E-state index contributed by atoms with van der Waals surface area (Å²) in [5.74, 6) is -0.163. The van der Waals surface area contributed by atoms with Gasteiger partial charge >= 0.3 is 0 Å². The molecule has 130 valence electrons. The lowest BCUT2D eigenvalue weighted by Gasteiger charge is -2.19. The number of carbonyl (C=O) groups excluding carboxylic acids is 1. The minimum Gasteiger partial charge on any atom is -0.371 e. The van der Waals surface area contributed by atoms with Crippen LogP contribution in [0.5, 0.6) is 0 Å². The van der Waals surface area contributed by atoms with Crippen molar-refractivity contribution in [3.05, 3.63) is 47.2 Å². The number of fused-ring (bicyclic) bond motifs is 1. The highest BCUT2D eigenvalue weighted by molar-refractivity contribution is 5.95. The minimum absolute atomic E-state index is 0.0915. The summed E-state index contributed by atoms with van der Waals surface area (Å²) >= 11 is 0. The van der Waals surface area contributed by atoms with Crippen LogP contribution in [-0.4, -0.2) is 42.9 Å². The number of amides is 1. The van der Waals surface area contributed by atoms with Crippen LogP contribution in [0.3, 0.4) is 0 Å². The van der Waals surface area contributed by atoms with E-state index in [9.17, 15) is 4.79 Å². The van der Waals surface area contributed by atoms with Crippen molar-refractivity contribution in [2.24, 2.45) is 7.05 Å². The number of rotatable bonds is 3. The van der Waals surface area contributed by atoms with Gasteiger partial charge in [0.15, 0.2) is 5.65 Å². The molecule has 0 aliphatic carbocycles. The molecule has 0 unspecified atom stereocenters. The van der Waals surface area contributed by atoms with Crippen molar-refractivity contribution in [3.8, 4) is 0 Å². The first-order chi connectivity index (χ1) is 12.0. The highest BCUT2D eigenvalue weighted by Gasteiger charge is 2.32. The predicted octanol–water partition coefficient (Wildman–Crippen LogP) is 1.34. The topological polar surface area (TPSA) is 86.3 Å². The molecule has 4 rings (SSSR count). The molecule has 1 N–H and O–H groups in total. The summed E-state index contributed by atoms with van der Waals surface area (Å²) in [6.07, 6.45) is 5.89. The number of carbonyl (C=O) groups is 1. The van der Waals surface area contributed by atoms with Gasteiger partial charge in [0.2, 0.25) is 0 Å². The first-order valence-corrected chi connectivity index (χ1v) is 8.26. The molecule has 1 aliphatic rings. The van der Waals surface area contributed by atoms with Gasteiger partial charge in [-0.25, -0.2) is 9.50 Å². The van der Waals surface area contributed by atoms with Crippen LogP contribution in [0.25, 0.3) is 5.65 Å². The molecule has 0 radical (unpaired) electrons. The lowest BCUT2D eigenvalue weighted by molar-refractivity contribution is 0.0820. The number of nitrogens with one attached hydrogen (secondary N) is 1. The molecule has 1 aliphatic heterocycles. The van der Waals surface area contributed by atoms with Crippen LogP contribution >= 0.6 is 0 Å². The van der Waals surface area contributed by atoms with E-state index < -0.39 is 0 Å². The number of hydrogen-bond acceptors (Lipinski definition) is 5. The summed E-state index contributed by atoms with van der Waals surface area (Å²) in [6, 6.07) is 1.80. The summed E-state index contributed by atoms with van der Waals surface area (Å²) < 4.78 is 9.24. The van der Waals surface area contributed by atoms with Crippen molar-refractivity contribution >= 4 is 11.6 Å². The van der Waals surface area contributed by atoms with E-state index in [0.29, 0.717) is 12.2 Å². The number of aromatic nitrogens is 5. The van der Waals surface area contributed by atoms with E-state index in [2.05, 4.69) is 20.5 Å². The van der Waals surface area contributed by atoms with E-state index in [-0.39, 0.29) is 18.1 Å². The van der Waals surface area contributed by atoms with Gasteiger partial charge in [0.1, 0.15) is 6.10 Å². The van der Waals surface area contributed by atoms with E-state index in [4.69, 9.17) is 4.74 Å². The van der Waals surface area contributed by atoms with Gasteiger partial charge in [0.05, 0.1) is 29.2 Å². The summed E-state index contributed by atoms with van der Waals surface area (Å²) in [4.78, 5) is 17.1. The molecule has 1 fully saturated rings. The second-order valence-electron chi connectivity index (χ2n) is 6.42. The van der Waals surface area contributed by atoms with E-state index >= 15 is 0 Å². The molecule has 0 aromatic carbocycles. The maximum absolute atomic E-state index is 12.8. The molecule has 0 spiro atoms. The van der Waals surface area contributed by atoms with Gasteiger partial charge in [0, 0.05) is 37.7 Å². The van der Waals surface area contributed by atoms with E-state index in [1.165, 1.54) is 0 Å². The predicted molar refractivity (Wildman–Crippen MR) is 90.2 cm³/mol. The normalized spacial score (nSPS) is 20.3. The molecule has 3 aromatic rings. The van der Waals surface area contributed by atoms with Gasteiger partial charge in [-0.1, -0.05) is 0 Å². The van der Waals surface area contributed by atoms with Crippen LogP contribution in [-0.2, 0) is 11.8 Å². The summed E-state index contributed by atoms with van der Waals surface area (Å²) in [5, 5.41) is 11.7. The fourth-order valence-electron chi connectivity index (χ4n) is 3.28. The first kappa shape index (κ1) is 15.8. The van der Waals surface area contributed by atoms with Gasteiger partial charge < -0.3 is 10.1 Å². The Morgan fingerprint density at radius 3 is 2.96 bits per heavy atom. The lowest BCUT2D eigenvalue weighted by Crippen LogP contribution is -2.37. The van der Waals surface area contributed by atoms with Crippen LogP contribution in [0.1, 0.15) is 39.8 Å². The quantitative estimate of drug-likeness (QED) is 0.777. The summed E-state index contributed by atoms with van der Waals surface area (Å²) in [5.41, 5.74) is 3.87. The Morgan fingerprint density at radius 1 is 1.36 bits per heavy atom. The Hall–Kier alpha value is -2.74. The second kappa shape index (κ2) is 5.96. The zero-order chi connectivity index (χ0) is 17.6. The molecule has 8 nitrogen and oxygen atoms in total. The molecule has 25 heavy (non-hydrogen) atoms.